The number of aryl methyl sites for hydroxylation is 1. The fourth-order valence-corrected chi connectivity index (χ4v) is 2.12. The van der Waals surface area contributed by atoms with Crippen LogP contribution in [0.15, 0.2) is 11.2 Å². The number of nitrogens with zero attached hydrogens (tertiary/aromatic N) is 3. The van der Waals surface area contributed by atoms with Crippen molar-refractivity contribution in [1.82, 2.24) is 9.78 Å². The fourth-order valence-electron chi connectivity index (χ4n) is 2.12. The number of hydrogen-bond acceptors (Lipinski definition) is 2. The standard InChI is InChI=1S/C12H19N3/c1-9(2)12-10(3)8-15(14-12)11-4-6-13-7-5-11/h6,8-9,11H,4-5,7H2,1-3H3. The van der Waals surface area contributed by atoms with Crippen LogP contribution >= 0.6 is 0 Å². The van der Waals surface area contributed by atoms with E-state index in [1.807, 2.05) is 6.21 Å². The molecular weight excluding hydrogens is 186 g/mol. The van der Waals surface area contributed by atoms with Gasteiger partial charge in [-0.05, 0) is 24.8 Å². The smallest absolute Gasteiger partial charge is 0.0679 e. The predicted octanol–water partition coefficient (Wildman–Crippen LogP) is 2.72. The Morgan fingerprint density at radius 1 is 1.47 bits per heavy atom. The third kappa shape index (κ3) is 2.11. The second-order valence-corrected chi connectivity index (χ2v) is 4.60. The van der Waals surface area contributed by atoms with Crippen molar-refractivity contribution in [2.75, 3.05) is 6.54 Å². The third-order valence-corrected chi connectivity index (χ3v) is 2.97. The van der Waals surface area contributed by atoms with Crippen LogP contribution in [0.4, 0.5) is 0 Å². The molecule has 2 rings (SSSR count). The second kappa shape index (κ2) is 4.17. The van der Waals surface area contributed by atoms with E-state index in [1.54, 1.807) is 0 Å². The van der Waals surface area contributed by atoms with Crippen molar-refractivity contribution >= 4 is 6.21 Å². The summed E-state index contributed by atoms with van der Waals surface area (Å²) in [4.78, 5) is 4.25. The molecule has 3 heteroatoms. The third-order valence-electron chi connectivity index (χ3n) is 2.97. The molecule has 2 heterocycles. The molecular formula is C12H19N3. The second-order valence-electron chi connectivity index (χ2n) is 4.60. The van der Waals surface area contributed by atoms with Gasteiger partial charge in [0.2, 0.25) is 0 Å². The lowest BCUT2D eigenvalue weighted by Gasteiger charge is -2.17. The monoisotopic (exact) mass is 205 g/mol. The first kappa shape index (κ1) is 10.4. The lowest BCUT2D eigenvalue weighted by molar-refractivity contribution is 0.430. The Morgan fingerprint density at radius 3 is 2.80 bits per heavy atom. The fraction of sp³-hybridized carbons (Fsp3) is 0.667. The van der Waals surface area contributed by atoms with E-state index in [-0.39, 0.29) is 0 Å². The molecule has 0 bridgehead atoms. The van der Waals surface area contributed by atoms with Gasteiger partial charge < -0.3 is 0 Å². The molecule has 1 atom stereocenters. The van der Waals surface area contributed by atoms with Gasteiger partial charge in [0.15, 0.2) is 0 Å². The molecule has 1 aliphatic heterocycles. The van der Waals surface area contributed by atoms with Crippen molar-refractivity contribution in [2.45, 2.75) is 45.6 Å². The summed E-state index contributed by atoms with van der Waals surface area (Å²) in [5.41, 5.74) is 2.55. The van der Waals surface area contributed by atoms with Gasteiger partial charge in [0.25, 0.3) is 0 Å². The van der Waals surface area contributed by atoms with Gasteiger partial charge in [-0.15, -0.1) is 0 Å². The van der Waals surface area contributed by atoms with Gasteiger partial charge in [0.05, 0.1) is 11.7 Å². The summed E-state index contributed by atoms with van der Waals surface area (Å²) in [6.07, 6.45) is 6.35. The molecule has 15 heavy (non-hydrogen) atoms. The minimum Gasteiger partial charge on any atom is -0.297 e. The maximum atomic E-state index is 4.69. The molecule has 1 unspecified atom stereocenters. The highest BCUT2D eigenvalue weighted by molar-refractivity contribution is 5.58. The van der Waals surface area contributed by atoms with E-state index in [0.29, 0.717) is 12.0 Å². The molecule has 82 valence electrons. The van der Waals surface area contributed by atoms with Gasteiger partial charge in [-0.2, -0.15) is 5.10 Å². The zero-order valence-corrected chi connectivity index (χ0v) is 9.77. The van der Waals surface area contributed by atoms with E-state index in [0.717, 1.165) is 19.4 Å². The Bertz CT molecular complexity index is 363. The van der Waals surface area contributed by atoms with Gasteiger partial charge in [-0.3, -0.25) is 9.67 Å². The van der Waals surface area contributed by atoms with E-state index in [4.69, 9.17) is 0 Å². The maximum Gasteiger partial charge on any atom is 0.0679 e. The zero-order chi connectivity index (χ0) is 10.8. The summed E-state index contributed by atoms with van der Waals surface area (Å²) >= 11 is 0. The van der Waals surface area contributed by atoms with Crippen LogP contribution in [-0.2, 0) is 0 Å². The molecule has 0 spiro atoms. The van der Waals surface area contributed by atoms with E-state index < -0.39 is 0 Å². The van der Waals surface area contributed by atoms with Crippen molar-refractivity contribution in [1.29, 1.82) is 0 Å². The molecule has 0 amide bonds. The van der Waals surface area contributed by atoms with Crippen LogP contribution in [0, 0.1) is 6.92 Å². The highest BCUT2D eigenvalue weighted by atomic mass is 15.3. The van der Waals surface area contributed by atoms with E-state index >= 15 is 0 Å². The molecule has 0 aliphatic carbocycles. The van der Waals surface area contributed by atoms with Crippen LogP contribution in [0.2, 0.25) is 0 Å². The lowest BCUT2D eigenvalue weighted by atomic mass is 10.1. The number of rotatable bonds is 2. The van der Waals surface area contributed by atoms with Crippen molar-refractivity contribution in [2.24, 2.45) is 4.99 Å². The summed E-state index contributed by atoms with van der Waals surface area (Å²) < 4.78 is 2.13. The van der Waals surface area contributed by atoms with Crippen LogP contribution in [0.25, 0.3) is 0 Å². The largest absolute Gasteiger partial charge is 0.297 e. The first-order valence-corrected chi connectivity index (χ1v) is 5.72. The molecule has 1 aliphatic rings. The topological polar surface area (TPSA) is 30.2 Å². The van der Waals surface area contributed by atoms with E-state index in [1.165, 1.54) is 11.3 Å². The normalized spacial score (nSPS) is 21.2. The molecule has 1 aromatic heterocycles. The first-order valence-electron chi connectivity index (χ1n) is 5.72. The Labute approximate surface area is 91.2 Å². The van der Waals surface area contributed by atoms with Crippen LogP contribution in [0.3, 0.4) is 0 Å². The van der Waals surface area contributed by atoms with Crippen molar-refractivity contribution in [3.8, 4) is 0 Å². The van der Waals surface area contributed by atoms with Crippen molar-refractivity contribution in [3.63, 3.8) is 0 Å². The number of hydrogen-bond donors (Lipinski definition) is 0. The summed E-state index contributed by atoms with van der Waals surface area (Å²) in [6, 6.07) is 0.522. The van der Waals surface area contributed by atoms with Gasteiger partial charge >= 0.3 is 0 Å². The minimum atomic E-state index is 0.517. The summed E-state index contributed by atoms with van der Waals surface area (Å²) in [7, 11) is 0. The van der Waals surface area contributed by atoms with Gasteiger partial charge in [-0.25, -0.2) is 0 Å². The molecule has 0 radical (unpaired) electrons. The molecule has 0 aromatic carbocycles. The first-order chi connectivity index (χ1) is 7.18. The summed E-state index contributed by atoms with van der Waals surface area (Å²) in [5.74, 6) is 0.517. The minimum absolute atomic E-state index is 0.517. The van der Waals surface area contributed by atoms with Crippen molar-refractivity contribution < 1.29 is 0 Å². The van der Waals surface area contributed by atoms with Crippen LogP contribution in [0.1, 0.15) is 49.9 Å². The lowest BCUT2D eigenvalue weighted by Crippen LogP contribution is -2.15. The average molecular weight is 205 g/mol. The SMILES string of the molecule is Cc1cn(C2CC=NCC2)nc1C(C)C. The Kier molecular flexibility index (Phi) is 2.89. The molecule has 3 nitrogen and oxygen atoms in total. The van der Waals surface area contributed by atoms with Gasteiger partial charge in [-0.1, -0.05) is 13.8 Å². The number of aliphatic imine (C=N–C) groups is 1. The van der Waals surface area contributed by atoms with E-state index in [9.17, 15) is 0 Å². The molecule has 0 fully saturated rings. The van der Waals surface area contributed by atoms with Crippen LogP contribution < -0.4 is 0 Å². The Hall–Kier alpha value is -1.12. The maximum absolute atomic E-state index is 4.69. The predicted molar refractivity (Wildman–Crippen MR) is 62.7 cm³/mol. The number of aromatic nitrogens is 2. The van der Waals surface area contributed by atoms with E-state index in [2.05, 4.69) is 41.7 Å². The highest BCUT2D eigenvalue weighted by Gasteiger charge is 2.16. The van der Waals surface area contributed by atoms with Gasteiger partial charge in [0.1, 0.15) is 0 Å². The molecule has 0 saturated heterocycles. The van der Waals surface area contributed by atoms with Gasteiger partial charge in [0, 0.05) is 25.4 Å². The zero-order valence-electron chi connectivity index (χ0n) is 9.77. The molecule has 1 aromatic rings. The van der Waals surface area contributed by atoms with Crippen LogP contribution in [-0.4, -0.2) is 22.5 Å². The van der Waals surface area contributed by atoms with Crippen LogP contribution in [0.5, 0.6) is 0 Å². The molecule has 0 saturated carbocycles. The quantitative estimate of drug-likeness (QED) is 0.730. The molecule has 0 N–H and O–H groups in total. The Morgan fingerprint density at radius 2 is 2.27 bits per heavy atom. The average Bonchev–Trinajstić information content (AvgIpc) is 2.62. The summed E-state index contributed by atoms with van der Waals surface area (Å²) in [6.45, 7) is 7.49. The highest BCUT2D eigenvalue weighted by Crippen LogP contribution is 2.22. The summed E-state index contributed by atoms with van der Waals surface area (Å²) in [5, 5.41) is 4.69. The Balaban J connectivity index is 2.21. The van der Waals surface area contributed by atoms with Crippen molar-refractivity contribution in [3.05, 3.63) is 17.5 Å².